The summed E-state index contributed by atoms with van der Waals surface area (Å²) in [5.41, 5.74) is 0.325. The van der Waals surface area contributed by atoms with E-state index in [1.54, 1.807) is 31.2 Å². The lowest BCUT2D eigenvalue weighted by molar-refractivity contribution is -0.145. The molecule has 3 rings (SSSR count). The SMILES string of the molecule is CCOC(=O)CC(=O)Cn1cnc2c(nnn2-c2cccc(Cl)c2)c1=O. The largest absolute Gasteiger partial charge is 0.466 e. The van der Waals surface area contributed by atoms with Crippen LogP contribution in [-0.4, -0.2) is 42.9 Å². The third-order valence-corrected chi connectivity index (χ3v) is 3.71. The summed E-state index contributed by atoms with van der Waals surface area (Å²) >= 11 is 5.97. The average molecular weight is 376 g/mol. The van der Waals surface area contributed by atoms with Crippen molar-refractivity contribution in [2.24, 2.45) is 0 Å². The van der Waals surface area contributed by atoms with E-state index < -0.39 is 23.7 Å². The first kappa shape index (κ1) is 17.7. The topological polar surface area (TPSA) is 109 Å². The maximum absolute atomic E-state index is 12.5. The van der Waals surface area contributed by atoms with Gasteiger partial charge in [0.25, 0.3) is 5.56 Å². The summed E-state index contributed by atoms with van der Waals surface area (Å²) in [6.07, 6.45) is 0.811. The van der Waals surface area contributed by atoms with E-state index >= 15 is 0 Å². The second-order valence-corrected chi connectivity index (χ2v) is 5.79. The Morgan fingerprint density at radius 3 is 2.85 bits per heavy atom. The summed E-state index contributed by atoms with van der Waals surface area (Å²) in [5.74, 6) is -1.10. The molecule has 10 heteroatoms. The van der Waals surface area contributed by atoms with Gasteiger partial charge in [0.05, 0.1) is 18.8 Å². The lowest BCUT2D eigenvalue weighted by Gasteiger charge is -2.05. The number of ether oxygens (including phenoxy) is 1. The van der Waals surface area contributed by atoms with Crippen LogP contribution in [0.1, 0.15) is 13.3 Å². The number of benzene rings is 1. The van der Waals surface area contributed by atoms with Crippen molar-refractivity contribution in [2.75, 3.05) is 6.61 Å². The minimum Gasteiger partial charge on any atom is -0.466 e. The molecule has 0 aliphatic rings. The van der Waals surface area contributed by atoms with Crippen LogP contribution in [0, 0.1) is 0 Å². The van der Waals surface area contributed by atoms with Gasteiger partial charge >= 0.3 is 5.97 Å². The molecule has 0 N–H and O–H groups in total. The smallest absolute Gasteiger partial charge is 0.313 e. The number of ketones is 1. The van der Waals surface area contributed by atoms with Crippen molar-refractivity contribution < 1.29 is 14.3 Å². The predicted molar refractivity (Wildman–Crippen MR) is 92.2 cm³/mol. The highest BCUT2D eigenvalue weighted by Gasteiger charge is 2.16. The highest BCUT2D eigenvalue weighted by atomic mass is 35.5. The quantitative estimate of drug-likeness (QED) is 0.469. The number of hydrogen-bond acceptors (Lipinski definition) is 7. The van der Waals surface area contributed by atoms with E-state index in [1.807, 2.05) is 0 Å². The summed E-state index contributed by atoms with van der Waals surface area (Å²) in [7, 11) is 0. The molecule has 0 atom stereocenters. The maximum Gasteiger partial charge on any atom is 0.313 e. The van der Waals surface area contributed by atoms with Crippen molar-refractivity contribution in [3.63, 3.8) is 0 Å². The molecular formula is C16H14ClN5O4. The molecule has 2 aromatic heterocycles. The summed E-state index contributed by atoms with van der Waals surface area (Å²) in [6, 6.07) is 6.85. The van der Waals surface area contributed by atoms with Gasteiger partial charge in [-0.2, -0.15) is 4.68 Å². The number of nitrogens with zero attached hydrogens (tertiary/aromatic N) is 5. The molecule has 1 aromatic carbocycles. The van der Waals surface area contributed by atoms with Crippen molar-refractivity contribution in [2.45, 2.75) is 19.9 Å². The molecule has 3 aromatic rings. The van der Waals surface area contributed by atoms with Crippen molar-refractivity contribution in [1.29, 1.82) is 0 Å². The lowest BCUT2D eigenvalue weighted by Crippen LogP contribution is -2.26. The molecule has 0 bridgehead atoms. The van der Waals surface area contributed by atoms with E-state index in [0.29, 0.717) is 10.7 Å². The number of carbonyl (C=O) groups excluding carboxylic acids is 2. The predicted octanol–water partition coefficient (Wildman–Crippen LogP) is 1.15. The van der Waals surface area contributed by atoms with Gasteiger partial charge in [-0.25, -0.2) is 4.98 Å². The molecule has 0 spiro atoms. The fraction of sp³-hybridized carbons (Fsp3) is 0.250. The molecular weight excluding hydrogens is 362 g/mol. The summed E-state index contributed by atoms with van der Waals surface area (Å²) < 4.78 is 7.18. The third kappa shape index (κ3) is 3.62. The van der Waals surface area contributed by atoms with Gasteiger partial charge in [0.15, 0.2) is 16.9 Å². The number of halogens is 1. The number of carbonyl (C=O) groups is 2. The Kier molecular flexibility index (Phi) is 5.08. The first-order valence-electron chi connectivity index (χ1n) is 7.73. The van der Waals surface area contributed by atoms with E-state index in [1.165, 1.54) is 11.0 Å². The van der Waals surface area contributed by atoms with Crippen LogP contribution >= 0.6 is 11.6 Å². The molecule has 9 nitrogen and oxygen atoms in total. The van der Waals surface area contributed by atoms with Crippen LogP contribution in [-0.2, 0) is 20.9 Å². The van der Waals surface area contributed by atoms with Crippen LogP contribution < -0.4 is 5.56 Å². The maximum atomic E-state index is 12.5. The fourth-order valence-corrected chi connectivity index (χ4v) is 2.54. The van der Waals surface area contributed by atoms with Gasteiger partial charge in [0.2, 0.25) is 0 Å². The minimum atomic E-state index is -0.633. The molecule has 0 radical (unpaired) electrons. The molecule has 0 saturated carbocycles. The Balaban J connectivity index is 1.89. The number of hydrogen-bond donors (Lipinski definition) is 0. The number of fused-ring (bicyclic) bond motifs is 1. The van der Waals surface area contributed by atoms with E-state index in [9.17, 15) is 14.4 Å². The Bertz CT molecular complexity index is 1040. The highest BCUT2D eigenvalue weighted by Crippen LogP contribution is 2.16. The third-order valence-electron chi connectivity index (χ3n) is 3.48. The van der Waals surface area contributed by atoms with Gasteiger partial charge in [-0.1, -0.05) is 22.9 Å². The lowest BCUT2D eigenvalue weighted by atomic mass is 10.3. The zero-order valence-corrected chi connectivity index (χ0v) is 14.5. The Labute approximate surface area is 152 Å². The van der Waals surface area contributed by atoms with Gasteiger partial charge in [0.1, 0.15) is 12.7 Å². The second-order valence-electron chi connectivity index (χ2n) is 5.35. The molecule has 0 unspecified atom stereocenters. The van der Waals surface area contributed by atoms with Crippen LogP contribution in [0.2, 0.25) is 5.02 Å². The van der Waals surface area contributed by atoms with Crippen molar-refractivity contribution >= 4 is 34.5 Å². The summed E-state index contributed by atoms with van der Waals surface area (Å²) in [5, 5.41) is 8.29. The molecule has 0 saturated heterocycles. The Morgan fingerprint density at radius 1 is 1.31 bits per heavy atom. The summed E-state index contributed by atoms with van der Waals surface area (Å²) in [6.45, 7) is 1.53. The monoisotopic (exact) mass is 375 g/mol. The first-order valence-corrected chi connectivity index (χ1v) is 8.11. The molecule has 2 heterocycles. The standard InChI is InChI=1S/C16H14ClN5O4/c1-2-26-13(24)7-12(23)8-21-9-18-15-14(16(21)25)19-20-22(15)11-5-3-4-10(17)6-11/h3-6,9H,2,7-8H2,1H3. The second kappa shape index (κ2) is 7.44. The van der Waals surface area contributed by atoms with Crippen molar-refractivity contribution in [3.8, 4) is 5.69 Å². The molecule has 0 aliphatic heterocycles. The van der Waals surface area contributed by atoms with Gasteiger partial charge in [0, 0.05) is 5.02 Å². The van der Waals surface area contributed by atoms with Crippen LogP contribution in [0.4, 0.5) is 0 Å². The first-order chi connectivity index (χ1) is 12.5. The number of Topliss-reactive ketones (excluding diaryl/α,β-unsaturated/α-hetero) is 1. The van der Waals surface area contributed by atoms with Gasteiger partial charge in [-0.15, -0.1) is 5.10 Å². The fourth-order valence-electron chi connectivity index (χ4n) is 2.36. The minimum absolute atomic E-state index is 0.0106. The molecule has 0 amide bonds. The van der Waals surface area contributed by atoms with Crippen molar-refractivity contribution in [3.05, 3.63) is 46.0 Å². The van der Waals surface area contributed by atoms with E-state index in [-0.39, 0.29) is 24.3 Å². The Hall–Kier alpha value is -3.07. The van der Waals surface area contributed by atoms with Crippen LogP contribution in [0.15, 0.2) is 35.4 Å². The zero-order chi connectivity index (χ0) is 18.7. The van der Waals surface area contributed by atoms with E-state index in [2.05, 4.69) is 15.3 Å². The Morgan fingerprint density at radius 2 is 2.12 bits per heavy atom. The van der Waals surface area contributed by atoms with Gasteiger partial charge in [-0.3, -0.25) is 19.0 Å². The average Bonchev–Trinajstić information content (AvgIpc) is 3.02. The van der Waals surface area contributed by atoms with E-state index in [4.69, 9.17) is 16.3 Å². The molecule has 26 heavy (non-hydrogen) atoms. The van der Waals surface area contributed by atoms with Crippen LogP contribution in [0.25, 0.3) is 16.9 Å². The van der Waals surface area contributed by atoms with Gasteiger partial charge in [-0.05, 0) is 25.1 Å². The molecule has 134 valence electrons. The normalized spacial score (nSPS) is 10.8. The van der Waals surface area contributed by atoms with Crippen LogP contribution in [0.3, 0.4) is 0 Å². The molecule has 0 aliphatic carbocycles. The number of rotatable bonds is 6. The number of esters is 1. The summed E-state index contributed by atoms with van der Waals surface area (Å²) in [4.78, 5) is 39.9. The van der Waals surface area contributed by atoms with Crippen molar-refractivity contribution in [1.82, 2.24) is 24.5 Å². The van der Waals surface area contributed by atoms with Crippen LogP contribution in [0.5, 0.6) is 0 Å². The molecule has 0 fully saturated rings. The van der Waals surface area contributed by atoms with E-state index in [0.717, 1.165) is 4.57 Å². The highest BCUT2D eigenvalue weighted by molar-refractivity contribution is 6.30. The number of aromatic nitrogens is 5. The van der Waals surface area contributed by atoms with Gasteiger partial charge < -0.3 is 4.74 Å². The zero-order valence-electron chi connectivity index (χ0n) is 13.8.